The third-order valence-electron chi connectivity index (χ3n) is 5.50. The molecule has 1 aliphatic heterocycles. The van der Waals surface area contributed by atoms with E-state index in [1.54, 1.807) is 24.5 Å². The van der Waals surface area contributed by atoms with Crippen molar-refractivity contribution in [2.75, 3.05) is 11.4 Å². The molecule has 0 N–H and O–H groups in total. The quantitative estimate of drug-likeness (QED) is 0.349. The maximum atomic E-state index is 13.9. The summed E-state index contributed by atoms with van der Waals surface area (Å²) < 4.78 is 42.7. The first-order valence-corrected chi connectivity index (χ1v) is 13.8. The lowest BCUT2D eigenvalue weighted by Crippen LogP contribution is -2.47. The molecule has 1 aliphatic rings. The number of carbonyl (C=O) groups is 1. The van der Waals surface area contributed by atoms with E-state index in [-0.39, 0.29) is 23.2 Å². The second kappa shape index (κ2) is 9.31. The van der Waals surface area contributed by atoms with E-state index in [4.69, 9.17) is 11.6 Å². The van der Waals surface area contributed by atoms with Gasteiger partial charge < -0.3 is 0 Å². The number of fused-ring (bicyclic) bond motifs is 1. The van der Waals surface area contributed by atoms with Crippen molar-refractivity contribution in [1.82, 2.24) is 14.3 Å². The maximum absolute atomic E-state index is 13.9. The zero-order valence-corrected chi connectivity index (χ0v) is 20.8. The van der Waals surface area contributed by atoms with Gasteiger partial charge in [-0.25, -0.2) is 17.8 Å². The molecule has 12 heteroatoms. The number of aromatic nitrogens is 2. The molecule has 1 unspecified atom stereocenters. The number of rotatable bonds is 6. The number of carbonyl (C=O) groups excluding carboxylic acids is 1. The molecule has 1 atom stereocenters. The summed E-state index contributed by atoms with van der Waals surface area (Å²) in [7, 11) is -3.89. The Balaban J connectivity index is 1.52. The predicted octanol–water partition coefficient (Wildman–Crippen LogP) is 4.93. The Morgan fingerprint density at radius 1 is 1.24 bits per heavy atom. The summed E-state index contributed by atoms with van der Waals surface area (Å²) in [5.41, 5.74) is 1.33. The van der Waals surface area contributed by atoms with Crippen molar-refractivity contribution in [1.29, 1.82) is 0 Å². The molecule has 0 saturated carbocycles. The first kappa shape index (κ1) is 23.3. The maximum Gasteiger partial charge on any atom is 0.253 e. The topological polar surface area (TPSA) is 83.5 Å². The van der Waals surface area contributed by atoms with E-state index in [9.17, 15) is 17.6 Å². The zero-order valence-electron chi connectivity index (χ0n) is 17.6. The van der Waals surface area contributed by atoms with Crippen LogP contribution in [0.25, 0.3) is 10.2 Å². The molecular formula is C22H18ClFN4O3S3. The Kier molecular flexibility index (Phi) is 6.38. The van der Waals surface area contributed by atoms with Gasteiger partial charge in [0.25, 0.3) is 10.0 Å². The standard InChI is InChI=1S/C22H18ClFN4O3S3/c23-19-7-8-20(33-19)34(30,31)28-10-2-4-17(28)21(29)27(13-14-3-1-9-25-12-14)22-26-16-6-5-15(24)11-18(16)32-22/h1,3,5-9,11-12,17H,2,4,10,13H2. The van der Waals surface area contributed by atoms with Crippen molar-refractivity contribution in [2.24, 2.45) is 0 Å². The predicted molar refractivity (Wildman–Crippen MR) is 131 cm³/mol. The average Bonchev–Trinajstić information content (AvgIpc) is 3.57. The summed E-state index contributed by atoms with van der Waals surface area (Å²) in [5.74, 6) is -0.775. The number of anilines is 1. The molecule has 4 heterocycles. The third kappa shape index (κ3) is 4.46. The number of hydrogen-bond acceptors (Lipinski definition) is 7. The molecule has 34 heavy (non-hydrogen) atoms. The number of pyridine rings is 1. The fourth-order valence-corrected chi connectivity index (χ4v) is 8.18. The molecular weight excluding hydrogens is 519 g/mol. The van der Waals surface area contributed by atoms with Gasteiger partial charge in [-0.2, -0.15) is 4.31 Å². The van der Waals surface area contributed by atoms with Crippen LogP contribution in [-0.2, 0) is 21.4 Å². The highest BCUT2D eigenvalue weighted by molar-refractivity contribution is 7.91. The van der Waals surface area contributed by atoms with E-state index in [1.165, 1.54) is 44.8 Å². The normalized spacial score (nSPS) is 16.8. The van der Waals surface area contributed by atoms with Crippen LogP contribution in [0, 0.1) is 5.82 Å². The molecule has 1 fully saturated rings. The van der Waals surface area contributed by atoms with E-state index < -0.39 is 21.9 Å². The van der Waals surface area contributed by atoms with Crippen LogP contribution in [0.3, 0.4) is 0 Å². The van der Waals surface area contributed by atoms with Gasteiger partial charge in [-0.3, -0.25) is 14.7 Å². The highest BCUT2D eigenvalue weighted by Crippen LogP contribution is 2.35. The molecule has 0 aliphatic carbocycles. The van der Waals surface area contributed by atoms with E-state index in [2.05, 4.69) is 9.97 Å². The van der Waals surface area contributed by atoms with Gasteiger partial charge in [-0.1, -0.05) is 29.0 Å². The van der Waals surface area contributed by atoms with Crippen molar-refractivity contribution in [3.8, 4) is 0 Å². The third-order valence-corrected chi connectivity index (χ3v) is 10.1. The van der Waals surface area contributed by atoms with Crippen LogP contribution < -0.4 is 4.90 Å². The molecule has 5 rings (SSSR count). The number of nitrogens with zero attached hydrogens (tertiary/aromatic N) is 4. The van der Waals surface area contributed by atoms with Crippen molar-refractivity contribution in [3.63, 3.8) is 0 Å². The summed E-state index contributed by atoms with van der Waals surface area (Å²) in [4.78, 5) is 24.0. The van der Waals surface area contributed by atoms with Crippen LogP contribution in [-0.4, -0.2) is 41.2 Å². The van der Waals surface area contributed by atoms with Crippen molar-refractivity contribution >= 4 is 65.6 Å². The summed E-state index contributed by atoms with van der Waals surface area (Å²) >= 11 is 8.11. The van der Waals surface area contributed by atoms with Crippen LogP contribution in [0.4, 0.5) is 9.52 Å². The fourth-order valence-electron chi connectivity index (χ4n) is 3.92. The van der Waals surface area contributed by atoms with Gasteiger partial charge in [-0.15, -0.1) is 11.3 Å². The van der Waals surface area contributed by atoms with Gasteiger partial charge in [-0.05, 0) is 54.8 Å². The smallest absolute Gasteiger partial charge is 0.253 e. The Morgan fingerprint density at radius 2 is 2.09 bits per heavy atom. The first-order valence-electron chi connectivity index (χ1n) is 10.4. The minimum absolute atomic E-state index is 0.103. The molecule has 4 aromatic rings. The van der Waals surface area contributed by atoms with Gasteiger partial charge in [0.05, 0.1) is 21.1 Å². The number of thiazole rings is 1. The fraction of sp³-hybridized carbons (Fsp3) is 0.227. The molecule has 1 aromatic carbocycles. The molecule has 1 saturated heterocycles. The van der Waals surface area contributed by atoms with Crippen molar-refractivity contribution in [2.45, 2.75) is 29.6 Å². The largest absolute Gasteiger partial charge is 0.282 e. The lowest BCUT2D eigenvalue weighted by Gasteiger charge is -2.28. The Hall–Kier alpha value is -2.44. The Morgan fingerprint density at radius 3 is 2.82 bits per heavy atom. The number of benzene rings is 1. The molecule has 0 bridgehead atoms. The summed E-state index contributed by atoms with van der Waals surface area (Å²) in [5, 5.41) is 0.373. The van der Waals surface area contributed by atoms with E-state index in [1.807, 2.05) is 6.07 Å². The Labute approximate surface area is 208 Å². The molecule has 176 valence electrons. The highest BCUT2D eigenvalue weighted by Gasteiger charge is 2.42. The van der Waals surface area contributed by atoms with Gasteiger partial charge in [0.15, 0.2) is 5.13 Å². The number of sulfonamides is 1. The summed E-state index contributed by atoms with van der Waals surface area (Å²) in [6, 6.07) is 9.94. The van der Waals surface area contributed by atoms with E-state index >= 15 is 0 Å². The monoisotopic (exact) mass is 536 g/mol. The molecule has 7 nitrogen and oxygen atoms in total. The van der Waals surface area contributed by atoms with Gasteiger partial charge in [0.2, 0.25) is 5.91 Å². The van der Waals surface area contributed by atoms with Gasteiger partial charge in [0.1, 0.15) is 16.1 Å². The lowest BCUT2D eigenvalue weighted by molar-refractivity contribution is -0.121. The Bertz CT molecular complexity index is 1460. The SMILES string of the molecule is O=C(C1CCCN1S(=O)(=O)c1ccc(Cl)s1)N(Cc1cccnc1)c1nc2ccc(F)cc2s1. The van der Waals surface area contributed by atoms with E-state index in [0.717, 1.165) is 16.9 Å². The van der Waals surface area contributed by atoms with Crippen LogP contribution in [0.15, 0.2) is 59.1 Å². The molecule has 0 radical (unpaired) electrons. The summed E-state index contributed by atoms with van der Waals surface area (Å²) in [6.07, 6.45) is 4.22. The van der Waals surface area contributed by atoms with Crippen LogP contribution >= 0.6 is 34.3 Å². The number of thiophene rings is 1. The molecule has 1 amide bonds. The number of hydrogen-bond donors (Lipinski definition) is 0. The van der Waals surface area contributed by atoms with Crippen molar-refractivity contribution in [3.05, 3.63) is 70.6 Å². The minimum atomic E-state index is -3.89. The van der Waals surface area contributed by atoms with Crippen LogP contribution in [0.5, 0.6) is 0 Å². The molecule has 3 aromatic heterocycles. The zero-order chi connectivity index (χ0) is 23.9. The second-order valence-electron chi connectivity index (χ2n) is 7.73. The first-order chi connectivity index (χ1) is 16.3. The summed E-state index contributed by atoms with van der Waals surface area (Å²) in [6.45, 7) is 0.393. The second-order valence-corrected chi connectivity index (χ2v) is 12.6. The van der Waals surface area contributed by atoms with Gasteiger partial charge in [0, 0.05) is 18.9 Å². The molecule has 0 spiro atoms. The highest BCUT2D eigenvalue weighted by atomic mass is 35.5. The lowest BCUT2D eigenvalue weighted by atomic mass is 10.2. The van der Waals surface area contributed by atoms with Gasteiger partial charge >= 0.3 is 0 Å². The van der Waals surface area contributed by atoms with Crippen molar-refractivity contribution < 1.29 is 17.6 Å². The van der Waals surface area contributed by atoms with Crippen LogP contribution in [0.2, 0.25) is 4.34 Å². The van der Waals surface area contributed by atoms with Crippen LogP contribution in [0.1, 0.15) is 18.4 Å². The number of halogens is 2. The average molecular weight is 537 g/mol. The minimum Gasteiger partial charge on any atom is -0.282 e. The van der Waals surface area contributed by atoms with E-state index in [0.29, 0.717) is 32.5 Å². The number of amides is 1.